The molecule has 302 valence electrons. The molecule has 6 atom stereocenters. The zero-order valence-electron chi connectivity index (χ0n) is 31.9. The zero-order valence-corrected chi connectivity index (χ0v) is 34.3. The van der Waals surface area contributed by atoms with Crippen molar-refractivity contribution in [1.29, 1.82) is 0 Å². The van der Waals surface area contributed by atoms with Crippen molar-refractivity contribution < 1.29 is 32.9 Å². The number of hydrogen-bond donors (Lipinski definition) is 4. The number of nitrogens with one attached hydrogen (secondary N) is 3. The van der Waals surface area contributed by atoms with Gasteiger partial charge in [0.2, 0.25) is 17.7 Å². The van der Waals surface area contributed by atoms with E-state index in [0.29, 0.717) is 40.9 Å². The predicted octanol–water partition coefficient (Wildman–Crippen LogP) is 4.43. The van der Waals surface area contributed by atoms with Crippen LogP contribution in [0.3, 0.4) is 0 Å². The molecule has 3 fully saturated rings. The molecular weight excluding hydrogens is 781 g/mol. The zero-order chi connectivity index (χ0) is 40.4. The van der Waals surface area contributed by atoms with Crippen LogP contribution in [0.1, 0.15) is 78.6 Å². The van der Waals surface area contributed by atoms with Gasteiger partial charge in [-0.25, -0.2) is 9.19 Å². The van der Waals surface area contributed by atoms with Crippen LogP contribution in [-0.2, 0) is 30.2 Å². The summed E-state index contributed by atoms with van der Waals surface area (Å²) in [4.78, 5) is 66.0. The Labute approximate surface area is 339 Å². The van der Waals surface area contributed by atoms with Crippen LogP contribution in [0.4, 0.5) is 0 Å². The maximum absolute atomic E-state index is 14.6. The van der Waals surface area contributed by atoms with Crippen LogP contribution in [0.15, 0.2) is 47.1 Å². The van der Waals surface area contributed by atoms with Crippen molar-refractivity contribution in [2.75, 3.05) is 13.6 Å². The van der Waals surface area contributed by atoms with Gasteiger partial charge in [-0.05, 0) is 77.5 Å². The summed E-state index contributed by atoms with van der Waals surface area (Å²) in [5.74, 6) is -1.98. The van der Waals surface area contributed by atoms with Gasteiger partial charge < -0.3 is 30.7 Å². The number of rotatable bonds is 10. The minimum Gasteiger partial charge on any atom is -0.488 e. The third-order valence-corrected chi connectivity index (χ3v) is 13.1. The van der Waals surface area contributed by atoms with E-state index < -0.39 is 63.1 Å². The number of aromatic nitrogens is 1. The van der Waals surface area contributed by atoms with Gasteiger partial charge in [0, 0.05) is 37.1 Å². The molecule has 6 rings (SSSR count). The Kier molecular flexibility index (Phi) is 12.7. The lowest BCUT2D eigenvalue weighted by Gasteiger charge is -2.30. The first-order valence-corrected chi connectivity index (χ1v) is 20.9. The van der Waals surface area contributed by atoms with Crippen LogP contribution in [0.25, 0.3) is 10.9 Å². The van der Waals surface area contributed by atoms with Crippen molar-refractivity contribution in [3.63, 3.8) is 0 Å². The number of nitrogens with two attached hydrogens (primary N) is 1. The normalized spacial score (nSPS) is 27.7. The number of fused-ring (bicyclic) bond motifs is 3. The summed E-state index contributed by atoms with van der Waals surface area (Å²) in [5, 5.41) is 6.81. The molecule has 14 nitrogen and oxygen atoms in total. The Hall–Kier alpha value is -4.21. The van der Waals surface area contributed by atoms with E-state index in [1.807, 2.05) is 32.9 Å². The minimum atomic E-state index is -1.63. The standard InChI is InChI=1S/C39H49Cl2N7O7S/c1-22(2)54-31-19-30(25-12-13-26(40)32(41)33(25)45-31)55-24-18-29-35(50)46-39(37(52)47-56(53)38(3)15-16-38)20-23(39)10-8-6-5-7-9-11-28(36(51)48(29)21-24)44-34(49)27(42)14-17-43-4/h8,10,12-14,17,19,22-24,28-29H,5-7,9,11,15-16,18,20-21,42H2,1-4H3,(H,44,49)(H,46,50)(H,47,52)/b10-8-,27-14?,43-17?/t23?,24-,28+,29+,39-,56?/m1/s1. The third kappa shape index (κ3) is 9.15. The van der Waals surface area contributed by atoms with E-state index in [1.165, 1.54) is 17.2 Å². The largest absolute Gasteiger partial charge is 0.488 e. The molecule has 5 N–H and O–H groups in total. The monoisotopic (exact) mass is 829 g/mol. The minimum absolute atomic E-state index is 0.0342. The molecule has 17 heteroatoms. The van der Waals surface area contributed by atoms with Gasteiger partial charge in [-0.2, -0.15) is 0 Å². The van der Waals surface area contributed by atoms with Gasteiger partial charge in [-0.1, -0.05) is 48.2 Å². The van der Waals surface area contributed by atoms with E-state index >= 15 is 0 Å². The first kappa shape index (κ1) is 41.4. The molecule has 4 amide bonds. The Morgan fingerprint density at radius 3 is 2.68 bits per heavy atom. The van der Waals surface area contributed by atoms with Gasteiger partial charge in [-0.3, -0.25) is 28.9 Å². The van der Waals surface area contributed by atoms with Crippen molar-refractivity contribution in [3.8, 4) is 11.6 Å². The second kappa shape index (κ2) is 17.1. The van der Waals surface area contributed by atoms with Gasteiger partial charge in [0.1, 0.15) is 40.5 Å². The average molecular weight is 831 g/mol. The molecule has 2 aromatic rings. The number of allylic oxidation sites excluding steroid dienone is 2. The number of halogens is 2. The van der Waals surface area contributed by atoms with Gasteiger partial charge in [0.25, 0.3) is 11.8 Å². The number of pyridine rings is 1. The molecule has 1 aromatic heterocycles. The number of carbonyl (C=O) groups excluding carboxylic acids is 4. The number of ether oxygens (including phenoxy) is 2. The van der Waals surface area contributed by atoms with Gasteiger partial charge in [0.15, 0.2) is 0 Å². The Bertz CT molecular complexity index is 2000. The molecule has 2 unspecified atom stereocenters. The molecule has 2 saturated carbocycles. The fourth-order valence-corrected chi connectivity index (χ4v) is 8.49. The summed E-state index contributed by atoms with van der Waals surface area (Å²) in [6, 6.07) is 2.85. The van der Waals surface area contributed by atoms with Crippen molar-refractivity contribution in [2.45, 2.75) is 113 Å². The molecule has 1 aromatic carbocycles. The van der Waals surface area contributed by atoms with Crippen molar-refractivity contribution in [3.05, 3.63) is 52.2 Å². The van der Waals surface area contributed by atoms with Crippen LogP contribution in [0.5, 0.6) is 11.6 Å². The number of nitrogens with zero attached hydrogens (tertiary/aromatic N) is 3. The van der Waals surface area contributed by atoms with Crippen LogP contribution in [-0.4, -0.2) is 92.1 Å². The summed E-state index contributed by atoms with van der Waals surface area (Å²) < 4.78 is 27.8. The molecule has 2 aliphatic heterocycles. The first-order valence-electron chi connectivity index (χ1n) is 19.0. The molecule has 3 heterocycles. The van der Waals surface area contributed by atoms with Gasteiger partial charge >= 0.3 is 0 Å². The van der Waals surface area contributed by atoms with Crippen LogP contribution >= 0.6 is 23.2 Å². The summed E-state index contributed by atoms with van der Waals surface area (Å²) >= 11 is 12.9. The molecule has 1 saturated heterocycles. The Morgan fingerprint density at radius 2 is 1.96 bits per heavy atom. The maximum atomic E-state index is 14.6. The summed E-state index contributed by atoms with van der Waals surface area (Å²) in [6.45, 7) is 5.52. The van der Waals surface area contributed by atoms with Crippen LogP contribution < -0.4 is 30.6 Å². The van der Waals surface area contributed by atoms with Gasteiger partial charge in [0.05, 0.1) is 38.7 Å². The van der Waals surface area contributed by atoms with Crippen LogP contribution in [0, 0.1) is 5.92 Å². The van der Waals surface area contributed by atoms with Crippen molar-refractivity contribution >= 4 is 74.9 Å². The predicted molar refractivity (Wildman–Crippen MR) is 216 cm³/mol. The lowest BCUT2D eigenvalue weighted by molar-refractivity contribution is -0.142. The first-order chi connectivity index (χ1) is 26.7. The SMILES string of the molecule is CN=CC=C(N)C(=O)N[C@H]1CCCCC/C=C\C2C[C@@]2(C(=O)NS(=O)C2(C)CC2)NC(=O)[C@@H]2C[C@@H](Oc3cc(OC(C)C)nc4c(Cl)c(Cl)ccc34)CN2C1=O. The molecule has 0 bridgehead atoms. The number of hydrogen-bond acceptors (Lipinski definition) is 10. The Morgan fingerprint density at radius 1 is 1.20 bits per heavy atom. The van der Waals surface area contributed by atoms with E-state index in [9.17, 15) is 23.4 Å². The highest BCUT2D eigenvalue weighted by molar-refractivity contribution is 7.85. The van der Waals surface area contributed by atoms with Crippen molar-refractivity contribution in [2.24, 2.45) is 16.6 Å². The fourth-order valence-electron chi connectivity index (χ4n) is 7.06. The highest BCUT2D eigenvalue weighted by atomic mass is 35.5. The van der Waals surface area contributed by atoms with E-state index in [4.69, 9.17) is 38.4 Å². The average Bonchev–Trinajstić information content (AvgIpc) is 4.03. The molecule has 2 aliphatic carbocycles. The summed E-state index contributed by atoms with van der Waals surface area (Å²) in [6.07, 6.45) is 10.7. The highest BCUT2D eigenvalue weighted by Gasteiger charge is 2.62. The second-order valence-electron chi connectivity index (χ2n) is 15.4. The number of amides is 4. The lowest BCUT2D eigenvalue weighted by atomic mass is 10.0. The molecule has 0 spiro atoms. The van der Waals surface area contributed by atoms with Crippen molar-refractivity contribution in [1.82, 2.24) is 25.2 Å². The molecule has 0 radical (unpaired) electrons. The van der Waals surface area contributed by atoms with Gasteiger partial charge in [-0.15, -0.1) is 0 Å². The fraction of sp³-hybridized carbons (Fsp3) is 0.538. The summed E-state index contributed by atoms with van der Waals surface area (Å²) in [5.41, 5.74) is 4.89. The molecule has 4 aliphatic rings. The third-order valence-electron chi connectivity index (χ3n) is 10.7. The van der Waals surface area contributed by atoms with Crippen LogP contribution in [0.2, 0.25) is 10.0 Å². The molecule has 56 heavy (non-hydrogen) atoms. The van der Waals surface area contributed by atoms with E-state index in [0.717, 1.165) is 32.1 Å². The number of benzene rings is 1. The van der Waals surface area contributed by atoms with E-state index in [-0.39, 0.29) is 41.6 Å². The van der Waals surface area contributed by atoms with E-state index in [2.05, 4.69) is 25.3 Å². The maximum Gasteiger partial charge on any atom is 0.267 e. The topological polar surface area (TPSA) is 194 Å². The quantitative estimate of drug-likeness (QED) is 0.152. The number of carbonyl (C=O) groups is 4. The lowest BCUT2D eigenvalue weighted by Crippen LogP contribution is -2.58. The Balaban J connectivity index is 1.35. The molecular formula is C39H49Cl2N7O7S. The van der Waals surface area contributed by atoms with E-state index in [1.54, 1.807) is 25.2 Å². The number of aliphatic imine (C=N–C) groups is 1. The summed E-state index contributed by atoms with van der Waals surface area (Å²) in [7, 11) is -0.0925. The highest BCUT2D eigenvalue weighted by Crippen LogP contribution is 2.47. The smallest absolute Gasteiger partial charge is 0.267 e. The second-order valence-corrected chi connectivity index (χ2v) is 17.9.